The number of hydrogen-bond acceptors (Lipinski definition) is 4. The van der Waals surface area contributed by atoms with E-state index in [0.29, 0.717) is 5.92 Å². The molecule has 134 valence electrons. The Morgan fingerprint density at radius 2 is 1.85 bits per heavy atom. The molecule has 0 N–H and O–H groups in total. The topological polar surface area (TPSA) is 38.2 Å². The lowest BCUT2D eigenvalue weighted by Crippen LogP contribution is -2.32. The maximum atomic E-state index is 5.52. The molecule has 1 aromatic heterocycles. The van der Waals surface area contributed by atoms with Gasteiger partial charge in [-0.05, 0) is 42.5 Å². The molecule has 0 saturated carbocycles. The van der Waals surface area contributed by atoms with Gasteiger partial charge >= 0.3 is 0 Å². The lowest BCUT2D eigenvalue weighted by Gasteiger charge is -2.30. The predicted octanol–water partition coefficient (Wildman–Crippen LogP) is 4.83. The number of rotatable bonds is 5. The van der Waals surface area contributed by atoms with E-state index in [1.165, 1.54) is 5.56 Å². The number of hydrogen-bond donors (Lipinski definition) is 0. The monoisotopic (exact) mass is 411 g/mol. The average Bonchev–Trinajstić information content (AvgIpc) is 2.69. The molecule has 0 aliphatic carbocycles. The summed E-state index contributed by atoms with van der Waals surface area (Å²) >= 11 is 3.50. The summed E-state index contributed by atoms with van der Waals surface area (Å²) in [7, 11) is 0. The van der Waals surface area contributed by atoms with E-state index >= 15 is 0 Å². The van der Waals surface area contributed by atoms with E-state index in [9.17, 15) is 0 Å². The van der Waals surface area contributed by atoms with Crippen LogP contribution in [0, 0.1) is 5.92 Å². The van der Waals surface area contributed by atoms with Crippen molar-refractivity contribution in [3.05, 3.63) is 64.8 Å². The molecule has 0 unspecified atom stereocenters. The largest absolute Gasteiger partial charge is 0.381 e. The highest BCUT2D eigenvalue weighted by atomic mass is 79.9. The minimum Gasteiger partial charge on any atom is -0.381 e. The maximum absolute atomic E-state index is 5.52. The number of benzene rings is 2. The summed E-state index contributed by atoms with van der Waals surface area (Å²) in [4.78, 5) is 11.9. The SMILES string of the molecule is Brc1ccc2nc(N(Cc3ccccc3)CC3CCOCC3)cnc2c1. The molecule has 2 heterocycles. The fourth-order valence-electron chi connectivity index (χ4n) is 3.41. The molecule has 0 atom stereocenters. The van der Waals surface area contributed by atoms with Crippen molar-refractivity contribution < 1.29 is 4.74 Å². The average molecular weight is 412 g/mol. The van der Waals surface area contributed by atoms with Gasteiger partial charge in [0.25, 0.3) is 0 Å². The molecule has 3 aromatic rings. The molecule has 4 nitrogen and oxygen atoms in total. The Morgan fingerprint density at radius 1 is 1.04 bits per heavy atom. The highest BCUT2D eigenvalue weighted by molar-refractivity contribution is 9.10. The fraction of sp³-hybridized carbons (Fsp3) is 0.333. The first-order chi connectivity index (χ1) is 12.8. The Hall–Kier alpha value is -1.98. The van der Waals surface area contributed by atoms with Crippen LogP contribution in [0.25, 0.3) is 11.0 Å². The molecular weight excluding hydrogens is 390 g/mol. The van der Waals surface area contributed by atoms with Crippen LogP contribution in [0.1, 0.15) is 18.4 Å². The summed E-state index contributed by atoms with van der Waals surface area (Å²) in [6.45, 7) is 3.55. The van der Waals surface area contributed by atoms with E-state index in [4.69, 9.17) is 9.72 Å². The van der Waals surface area contributed by atoms with Crippen LogP contribution in [0.2, 0.25) is 0 Å². The zero-order chi connectivity index (χ0) is 17.8. The zero-order valence-corrected chi connectivity index (χ0v) is 16.2. The van der Waals surface area contributed by atoms with Gasteiger partial charge in [-0.1, -0.05) is 46.3 Å². The molecule has 1 aliphatic rings. The van der Waals surface area contributed by atoms with Crippen LogP contribution in [0.3, 0.4) is 0 Å². The van der Waals surface area contributed by atoms with Gasteiger partial charge in [0.1, 0.15) is 5.82 Å². The number of aromatic nitrogens is 2. The van der Waals surface area contributed by atoms with Crippen molar-refractivity contribution in [3.63, 3.8) is 0 Å². The second-order valence-corrected chi connectivity index (χ2v) is 7.70. The van der Waals surface area contributed by atoms with Crippen LogP contribution in [0.5, 0.6) is 0 Å². The van der Waals surface area contributed by atoms with E-state index in [2.05, 4.69) is 56.1 Å². The van der Waals surface area contributed by atoms with E-state index in [0.717, 1.165) is 60.5 Å². The molecule has 0 amide bonds. The lowest BCUT2D eigenvalue weighted by atomic mass is 9.99. The number of anilines is 1. The Labute approximate surface area is 162 Å². The van der Waals surface area contributed by atoms with Crippen LogP contribution in [0.15, 0.2) is 59.2 Å². The first-order valence-electron chi connectivity index (χ1n) is 9.07. The third kappa shape index (κ3) is 4.22. The highest BCUT2D eigenvalue weighted by Gasteiger charge is 2.19. The van der Waals surface area contributed by atoms with Crippen LogP contribution < -0.4 is 4.90 Å². The van der Waals surface area contributed by atoms with Gasteiger partial charge in [0, 0.05) is 30.8 Å². The Morgan fingerprint density at radius 3 is 2.65 bits per heavy atom. The summed E-state index contributed by atoms with van der Waals surface area (Å²) < 4.78 is 6.55. The molecular formula is C21H22BrN3O. The van der Waals surface area contributed by atoms with Crippen molar-refractivity contribution in [1.82, 2.24) is 9.97 Å². The minimum atomic E-state index is 0.634. The molecule has 1 fully saturated rings. The Balaban J connectivity index is 1.63. The lowest BCUT2D eigenvalue weighted by molar-refractivity contribution is 0.0681. The highest BCUT2D eigenvalue weighted by Crippen LogP contribution is 2.24. The van der Waals surface area contributed by atoms with Crippen LogP contribution >= 0.6 is 15.9 Å². The standard InChI is InChI=1S/C21H22BrN3O/c22-18-6-7-19-20(12-18)23-13-21(24-19)25(14-16-4-2-1-3-5-16)15-17-8-10-26-11-9-17/h1-7,12-13,17H,8-11,14-15H2. The van der Waals surface area contributed by atoms with Crippen LogP contribution in [0.4, 0.5) is 5.82 Å². The number of ether oxygens (including phenoxy) is 1. The maximum Gasteiger partial charge on any atom is 0.148 e. The van der Waals surface area contributed by atoms with Crippen LogP contribution in [-0.2, 0) is 11.3 Å². The van der Waals surface area contributed by atoms with Crippen LogP contribution in [-0.4, -0.2) is 29.7 Å². The van der Waals surface area contributed by atoms with Gasteiger partial charge in [-0.2, -0.15) is 0 Å². The second kappa shape index (κ2) is 8.14. The van der Waals surface area contributed by atoms with Crippen molar-refractivity contribution in [2.75, 3.05) is 24.7 Å². The number of fused-ring (bicyclic) bond motifs is 1. The van der Waals surface area contributed by atoms with E-state index in [-0.39, 0.29) is 0 Å². The summed E-state index contributed by atoms with van der Waals surface area (Å²) in [5.74, 6) is 1.57. The van der Waals surface area contributed by atoms with E-state index < -0.39 is 0 Å². The summed E-state index contributed by atoms with van der Waals surface area (Å²) in [5, 5.41) is 0. The van der Waals surface area contributed by atoms with Gasteiger partial charge in [-0.3, -0.25) is 4.98 Å². The first-order valence-corrected chi connectivity index (χ1v) is 9.86. The van der Waals surface area contributed by atoms with Gasteiger partial charge in [-0.15, -0.1) is 0 Å². The third-order valence-electron chi connectivity index (χ3n) is 4.85. The third-order valence-corrected chi connectivity index (χ3v) is 5.34. The van der Waals surface area contributed by atoms with Gasteiger partial charge in [0.2, 0.25) is 0 Å². The molecule has 0 radical (unpaired) electrons. The molecule has 0 spiro atoms. The Kier molecular flexibility index (Phi) is 5.46. The number of nitrogens with zero attached hydrogens (tertiary/aromatic N) is 3. The normalized spacial score (nSPS) is 15.3. The van der Waals surface area contributed by atoms with Gasteiger partial charge < -0.3 is 9.64 Å². The van der Waals surface area contributed by atoms with Gasteiger partial charge in [-0.25, -0.2) is 4.98 Å². The molecule has 4 rings (SSSR count). The number of halogens is 1. The minimum absolute atomic E-state index is 0.634. The van der Waals surface area contributed by atoms with Crippen molar-refractivity contribution in [2.24, 2.45) is 5.92 Å². The summed E-state index contributed by atoms with van der Waals surface area (Å²) in [6.07, 6.45) is 4.12. The fourth-order valence-corrected chi connectivity index (χ4v) is 3.76. The van der Waals surface area contributed by atoms with E-state index in [1.807, 2.05) is 24.4 Å². The smallest absolute Gasteiger partial charge is 0.148 e. The van der Waals surface area contributed by atoms with Crippen molar-refractivity contribution in [1.29, 1.82) is 0 Å². The van der Waals surface area contributed by atoms with Crippen molar-refractivity contribution in [2.45, 2.75) is 19.4 Å². The molecule has 5 heteroatoms. The predicted molar refractivity (Wildman–Crippen MR) is 108 cm³/mol. The van der Waals surface area contributed by atoms with E-state index in [1.54, 1.807) is 0 Å². The van der Waals surface area contributed by atoms with Gasteiger partial charge in [0.15, 0.2) is 0 Å². The molecule has 2 aromatic carbocycles. The zero-order valence-electron chi connectivity index (χ0n) is 14.6. The Bertz CT molecular complexity index is 866. The second-order valence-electron chi connectivity index (χ2n) is 6.78. The summed E-state index contributed by atoms with van der Waals surface area (Å²) in [6, 6.07) is 16.6. The molecule has 1 saturated heterocycles. The van der Waals surface area contributed by atoms with Crippen molar-refractivity contribution in [3.8, 4) is 0 Å². The molecule has 0 bridgehead atoms. The summed E-state index contributed by atoms with van der Waals surface area (Å²) in [5.41, 5.74) is 3.13. The quantitative estimate of drug-likeness (QED) is 0.602. The molecule has 1 aliphatic heterocycles. The molecule has 26 heavy (non-hydrogen) atoms. The first kappa shape index (κ1) is 17.4. The van der Waals surface area contributed by atoms with Gasteiger partial charge in [0.05, 0.1) is 17.2 Å². The van der Waals surface area contributed by atoms with Crippen molar-refractivity contribution >= 4 is 32.8 Å².